The van der Waals surface area contributed by atoms with Crippen molar-refractivity contribution >= 4 is 38.9 Å². The molecule has 1 aromatic heterocycles. The predicted octanol–water partition coefficient (Wildman–Crippen LogP) is 4.92. The summed E-state index contributed by atoms with van der Waals surface area (Å²) in [5, 5.41) is 2.44. The average Bonchev–Trinajstić information content (AvgIpc) is 2.88. The lowest BCUT2D eigenvalue weighted by Crippen LogP contribution is -2.11. The minimum absolute atomic E-state index is 0.0320. The van der Waals surface area contributed by atoms with Crippen LogP contribution < -0.4 is 5.32 Å². The van der Waals surface area contributed by atoms with E-state index in [1.807, 2.05) is 6.07 Å². The van der Waals surface area contributed by atoms with Gasteiger partial charge in [-0.25, -0.2) is 8.78 Å². The SMILES string of the molecule is O=C(Nc1cc(F)c(Br)cc1F)c1cc2c(s1)CCCC2. The quantitative estimate of drug-likeness (QED) is 0.745. The molecule has 0 fully saturated rings. The molecule has 110 valence electrons. The highest BCUT2D eigenvalue weighted by Gasteiger charge is 2.18. The highest BCUT2D eigenvalue weighted by molar-refractivity contribution is 9.10. The van der Waals surface area contributed by atoms with Crippen LogP contribution in [0.3, 0.4) is 0 Å². The summed E-state index contributed by atoms with van der Waals surface area (Å²) in [4.78, 5) is 14.0. The lowest BCUT2D eigenvalue weighted by Gasteiger charge is -2.08. The molecule has 0 radical (unpaired) electrons. The van der Waals surface area contributed by atoms with Gasteiger partial charge in [0.25, 0.3) is 5.91 Å². The molecule has 2 aromatic rings. The molecule has 2 nitrogen and oxygen atoms in total. The summed E-state index contributed by atoms with van der Waals surface area (Å²) in [6.07, 6.45) is 4.26. The molecule has 0 atom stereocenters. The molecule has 0 spiro atoms. The summed E-state index contributed by atoms with van der Waals surface area (Å²) >= 11 is 4.34. The van der Waals surface area contributed by atoms with Gasteiger partial charge in [-0.3, -0.25) is 4.79 Å². The lowest BCUT2D eigenvalue weighted by atomic mass is 9.99. The van der Waals surface area contributed by atoms with E-state index in [-0.39, 0.29) is 10.2 Å². The Morgan fingerprint density at radius 2 is 1.90 bits per heavy atom. The smallest absolute Gasteiger partial charge is 0.265 e. The Kier molecular flexibility index (Phi) is 4.08. The highest BCUT2D eigenvalue weighted by Crippen LogP contribution is 2.30. The first-order valence-electron chi connectivity index (χ1n) is 6.62. The number of anilines is 1. The van der Waals surface area contributed by atoms with Crippen LogP contribution in [-0.2, 0) is 12.8 Å². The molecular formula is C15H12BrF2NOS. The fourth-order valence-corrected chi connectivity index (χ4v) is 3.87. The fraction of sp³-hybridized carbons (Fsp3) is 0.267. The van der Waals surface area contributed by atoms with Crippen molar-refractivity contribution in [2.24, 2.45) is 0 Å². The maximum Gasteiger partial charge on any atom is 0.265 e. The van der Waals surface area contributed by atoms with E-state index < -0.39 is 17.5 Å². The number of hydrogen-bond acceptors (Lipinski definition) is 2. The number of carbonyl (C=O) groups excluding carboxylic acids is 1. The number of aryl methyl sites for hydroxylation is 2. The van der Waals surface area contributed by atoms with Gasteiger partial charge in [0.2, 0.25) is 0 Å². The first-order chi connectivity index (χ1) is 10.0. The van der Waals surface area contributed by atoms with Crippen LogP contribution in [-0.4, -0.2) is 5.91 Å². The number of carbonyl (C=O) groups is 1. The standard InChI is InChI=1S/C15H12BrF2NOS/c16-9-6-11(18)12(7-10(9)17)19-15(20)14-5-8-3-1-2-4-13(8)21-14/h5-7H,1-4H2,(H,19,20). The zero-order chi connectivity index (χ0) is 15.0. The highest BCUT2D eigenvalue weighted by atomic mass is 79.9. The Bertz CT molecular complexity index is 690. The van der Waals surface area contributed by atoms with E-state index in [0.29, 0.717) is 4.88 Å². The minimum Gasteiger partial charge on any atom is -0.319 e. The second-order valence-electron chi connectivity index (χ2n) is 4.97. The van der Waals surface area contributed by atoms with Gasteiger partial charge in [-0.2, -0.15) is 0 Å². The van der Waals surface area contributed by atoms with Crippen LogP contribution in [0.25, 0.3) is 0 Å². The van der Waals surface area contributed by atoms with Crippen LogP contribution in [0.1, 0.15) is 33.0 Å². The van der Waals surface area contributed by atoms with Crippen molar-refractivity contribution in [3.05, 3.63) is 49.6 Å². The normalized spacial score (nSPS) is 13.9. The number of halogens is 3. The summed E-state index contributed by atoms with van der Waals surface area (Å²) in [6, 6.07) is 3.84. The first kappa shape index (κ1) is 14.7. The molecular weight excluding hydrogens is 360 g/mol. The van der Waals surface area contributed by atoms with Crippen molar-refractivity contribution in [3.8, 4) is 0 Å². The Morgan fingerprint density at radius 3 is 2.67 bits per heavy atom. The predicted molar refractivity (Wildman–Crippen MR) is 83.0 cm³/mol. The summed E-state index contributed by atoms with van der Waals surface area (Å²) < 4.78 is 27.2. The molecule has 1 N–H and O–H groups in total. The molecule has 1 amide bonds. The minimum atomic E-state index is -0.669. The van der Waals surface area contributed by atoms with E-state index >= 15 is 0 Å². The van der Waals surface area contributed by atoms with Crippen LogP contribution in [0.15, 0.2) is 22.7 Å². The molecule has 0 saturated carbocycles. The third-order valence-corrected chi connectivity index (χ3v) is 5.32. The van der Waals surface area contributed by atoms with Gasteiger partial charge >= 0.3 is 0 Å². The van der Waals surface area contributed by atoms with E-state index in [0.717, 1.165) is 37.8 Å². The third-order valence-electron chi connectivity index (χ3n) is 3.48. The second-order valence-corrected chi connectivity index (χ2v) is 6.96. The van der Waals surface area contributed by atoms with Gasteiger partial charge in [-0.1, -0.05) is 0 Å². The van der Waals surface area contributed by atoms with Crippen LogP contribution >= 0.6 is 27.3 Å². The molecule has 3 rings (SSSR count). The van der Waals surface area contributed by atoms with Gasteiger partial charge in [0.15, 0.2) is 0 Å². The first-order valence-corrected chi connectivity index (χ1v) is 8.23. The summed E-state index contributed by atoms with van der Waals surface area (Å²) in [5.41, 5.74) is 1.06. The topological polar surface area (TPSA) is 29.1 Å². The summed E-state index contributed by atoms with van der Waals surface area (Å²) in [5.74, 6) is -1.68. The zero-order valence-corrected chi connectivity index (χ0v) is 13.4. The van der Waals surface area contributed by atoms with E-state index in [2.05, 4.69) is 21.2 Å². The monoisotopic (exact) mass is 371 g/mol. The number of amides is 1. The van der Waals surface area contributed by atoms with Crippen LogP contribution in [0, 0.1) is 11.6 Å². The molecule has 6 heteroatoms. The van der Waals surface area contributed by atoms with E-state index in [9.17, 15) is 13.6 Å². The van der Waals surface area contributed by atoms with Crippen molar-refractivity contribution in [1.82, 2.24) is 0 Å². The van der Waals surface area contributed by atoms with Gasteiger partial charge in [0.1, 0.15) is 11.6 Å². The number of benzene rings is 1. The molecule has 1 aliphatic carbocycles. The van der Waals surface area contributed by atoms with Crippen LogP contribution in [0.4, 0.5) is 14.5 Å². The van der Waals surface area contributed by atoms with E-state index in [1.54, 1.807) is 0 Å². The largest absolute Gasteiger partial charge is 0.319 e. The van der Waals surface area contributed by atoms with Crippen LogP contribution in [0.5, 0.6) is 0 Å². The molecule has 0 bridgehead atoms. The van der Waals surface area contributed by atoms with Crippen molar-refractivity contribution in [2.45, 2.75) is 25.7 Å². The number of rotatable bonds is 2. The van der Waals surface area contributed by atoms with E-state index in [1.165, 1.54) is 21.8 Å². The Hall–Kier alpha value is -1.27. The van der Waals surface area contributed by atoms with Gasteiger partial charge < -0.3 is 5.32 Å². The molecule has 1 aromatic carbocycles. The Balaban J connectivity index is 1.83. The molecule has 0 aliphatic heterocycles. The Labute approximate surface area is 133 Å². The molecule has 1 aliphatic rings. The molecule has 0 unspecified atom stereocenters. The number of hydrogen-bond donors (Lipinski definition) is 1. The van der Waals surface area contributed by atoms with Gasteiger partial charge in [0.05, 0.1) is 15.0 Å². The third kappa shape index (κ3) is 3.01. The maximum absolute atomic E-state index is 13.7. The molecule has 21 heavy (non-hydrogen) atoms. The second kappa shape index (κ2) is 5.85. The Morgan fingerprint density at radius 1 is 1.14 bits per heavy atom. The molecule has 1 heterocycles. The average molecular weight is 372 g/mol. The van der Waals surface area contributed by atoms with Crippen molar-refractivity contribution in [1.29, 1.82) is 0 Å². The zero-order valence-electron chi connectivity index (χ0n) is 11.0. The van der Waals surface area contributed by atoms with Crippen molar-refractivity contribution in [2.75, 3.05) is 5.32 Å². The van der Waals surface area contributed by atoms with Gasteiger partial charge in [-0.05, 0) is 59.3 Å². The fourth-order valence-electron chi connectivity index (χ4n) is 2.40. The van der Waals surface area contributed by atoms with Crippen molar-refractivity contribution < 1.29 is 13.6 Å². The number of thiophene rings is 1. The van der Waals surface area contributed by atoms with Gasteiger partial charge in [0, 0.05) is 10.9 Å². The lowest BCUT2D eigenvalue weighted by molar-refractivity contribution is 0.103. The number of nitrogens with one attached hydrogen (secondary N) is 1. The summed E-state index contributed by atoms with van der Waals surface area (Å²) in [7, 11) is 0. The summed E-state index contributed by atoms with van der Waals surface area (Å²) in [6.45, 7) is 0. The maximum atomic E-state index is 13.7. The van der Waals surface area contributed by atoms with Crippen molar-refractivity contribution in [3.63, 3.8) is 0 Å². The van der Waals surface area contributed by atoms with Gasteiger partial charge in [-0.15, -0.1) is 11.3 Å². The number of fused-ring (bicyclic) bond motifs is 1. The molecule has 0 saturated heterocycles. The van der Waals surface area contributed by atoms with Crippen LogP contribution in [0.2, 0.25) is 0 Å². The van der Waals surface area contributed by atoms with E-state index in [4.69, 9.17) is 0 Å².